The molecule has 3 N–H and O–H groups in total. The van der Waals surface area contributed by atoms with Gasteiger partial charge in [0, 0.05) is 12.1 Å². The molecule has 0 saturated carbocycles. The molecule has 6 heteroatoms. The topological polar surface area (TPSA) is 73.6 Å². The fraction of sp³-hybridized carbons (Fsp3) is 0.471. The van der Waals surface area contributed by atoms with E-state index in [0.29, 0.717) is 30.9 Å². The molecule has 1 amide bonds. The average Bonchev–Trinajstić information content (AvgIpc) is 2.57. The van der Waals surface area contributed by atoms with Crippen molar-refractivity contribution < 1.29 is 14.3 Å². The van der Waals surface area contributed by atoms with Crippen molar-refractivity contribution >= 4 is 17.7 Å². The molecule has 1 atom stereocenters. The summed E-state index contributed by atoms with van der Waals surface area (Å²) in [4.78, 5) is 12.0. The fourth-order valence-electron chi connectivity index (χ4n) is 2.21. The Balaban J connectivity index is 2.82. The van der Waals surface area contributed by atoms with Crippen molar-refractivity contribution in [3.8, 4) is 11.5 Å². The molecule has 0 aromatic heterocycles. The van der Waals surface area contributed by atoms with Gasteiger partial charge >= 0.3 is 0 Å². The van der Waals surface area contributed by atoms with Crippen LogP contribution in [0.5, 0.6) is 11.5 Å². The number of hydrogen-bond donors (Lipinski definition) is 2. The molecular formula is C17H26N2O3S. The second-order valence-corrected chi connectivity index (χ2v) is 6.07. The van der Waals surface area contributed by atoms with Crippen molar-refractivity contribution in [2.24, 2.45) is 5.73 Å². The first-order valence-corrected chi connectivity index (χ1v) is 8.83. The summed E-state index contributed by atoms with van der Waals surface area (Å²) >= 11 is 1.68. The lowest BCUT2D eigenvalue weighted by Crippen LogP contribution is -2.40. The van der Waals surface area contributed by atoms with Gasteiger partial charge in [0.25, 0.3) is 0 Å². The predicted molar refractivity (Wildman–Crippen MR) is 96.3 cm³/mol. The SMILES string of the molecule is C=CCc1cc(CNC(=O)[C@@H](N)CCSC)cc(OC)c1OC. The van der Waals surface area contributed by atoms with Gasteiger partial charge in [-0.3, -0.25) is 4.79 Å². The van der Waals surface area contributed by atoms with Crippen LogP contribution in [0.15, 0.2) is 24.8 Å². The Kier molecular flexibility index (Phi) is 8.58. The first-order chi connectivity index (χ1) is 11.1. The molecule has 1 aromatic carbocycles. The molecule has 0 heterocycles. The molecule has 0 fully saturated rings. The first-order valence-electron chi connectivity index (χ1n) is 7.44. The molecule has 0 bridgehead atoms. The quantitative estimate of drug-likeness (QED) is 0.639. The molecule has 0 unspecified atom stereocenters. The molecule has 1 rings (SSSR count). The molecule has 0 aliphatic heterocycles. The zero-order valence-electron chi connectivity index (χ0n) is 14.1. The highest BCUT2D eigenvalue weighted by molar-refractivity contribution is 7.98. The minimum absolute atomic E-state index is 0.140. The second-order valence-electron chi connectivity index (χ2n) is 5.09. The third-order valence-corrected chi connectivity index (χ3v) is 4.06. The van der Waals surface area contributed by atoms with Crippen molar-refractivity contribution in [1.29, 1.82) is 0 Å². The zero-order chi connectivity index (χ0) is 17.2. The summed E-state index contributed by atoms with van der Waals surface area (Å²) in [6.07, 6.45) is 5.13. The van der Waals surface area contributed by atoms with Crippen molar-refractivity contribution in [2.75, 3.05) is 26.2 Å². The van der Waals surface area contributed by atoms with Crippen molar-refractivity contribution in [3.05, 3.63) is 35.9 Å². The summed E-state index contributed by atoms with van der Waals surface area (Å²) in [6, 6.07) is 3.37. The summed E-state index contributed by atoms with van der Waals surface area (Å²) in [6.45, 7) is 4.16. The Hall–Kier alpha value is -1.66. The lowest BCUT2D eigenvalue weighted by molar-refractivity contribution is -0.122. The van der Waals surface area contributed by atoms with Crippen LogP contribution in [0, 0.1) is 0 Å². The molecule has 1 aromatic rings. The molecule has 5 nitrogen and oxygen atoms in total. The van der Waals surface area contributed by atoms with Crippen LogP contribution in [-0.2, 0) is 17.8 Å². The second kappa shape index (κ2) is 10.2. The monoisotopic (exact) mass is 338 g/mol. The van der Waals surface area contributed by atoms with E-state index in [4.69, 9.17) is 15.2 Å². The van der Waals surface area contributed by atoms with Crippen molar-refractivity contribution in [2.45, 2.75) is 25.4 Å². The van der Waals surface area contributed by atoms with E-state index in [1.807, 2.05) is 18.4 Å². The van der Waals surface area contributed by atoms with E-state index >= 15 is 0 Å². The van der Waals surface area contributed by atoms with Crippen LogP contribution in [0.25, 0.3) is 0 Å². The summed E-state index contributed by atoms with van der Waals surface area (Å²) in [5.74, 6) is 2.06. The van der Waals surface area contributed by atoms with Crippen LogP contribution in [0.4, 0.5) is 0 Å². The van der Waals surface area contributed by atoms with Gasteiger partial charge in [-0.15, -0.1) is 6.58 Å². The number of rotatable bonds is 10. The van der Waals surface area contributed by atoms with E-state index in [2.05, 4.69) is 11.9 Å². The number of benzene rings is 1. The third-order valence-electron chi connectivity index (χ3n) is 3.42. The lowest BCUT2D eigenvalue weighted by atomic mass is 10.1. The van der Waals surface area contributed by atoms with Crippen LogP contribution in [0.2, 0.25) is 0 Å². The summed E-state index contributed by atoms with van der Waals surface area (Å²) in [7, 11) is 3.20. The maximum Gasteiger partial charge on any atom is 0.237 e. The minimum atomic E-state index is -0.477. The molecule has 0 saturated heterocycles. The van der Waals surface area contributed by atoms with Crippen LogP contribution in [-0.4, -0.2) is 38.2 Å². The van der Waals surface area contributed by atoms with Crippen LogP contribution >= 0.6 is 11.8 Å². The maximum atomic E-state index is 12.0. The minimum Gasteiger partial charge on any atom is -0.493 e. The number of carbonyl (C=O) groups is 1. The number of nitrogens with one attached hydrogen (secondary N) is 1. The standard InChI is InChI=1S/C17H26N2O3S/c1-5-6-13-9-12(10-15(21-2)16(13)22-3)11-19-17(20)14(18)7-8-23-4/h5,9-10,14H,1,6-8,11,18H2,2-4H3,(H,19,20)/t14-/m0/s1. The Morgan fingerprint density at radius 3 is 2.74 bits per heavy atom. The number of methoxy groups -OCH3 is 2. The maximum absolute atomic E-state index is 12.0. The van der Waals surface area contributed by atoms with E-state index in [1.165, 1.54) is 0 Å². The predicted octanol–water partition coefficient (Wildman–Crippen LogP) is 2.13. The van der Waals surface area contributed by atoms with E-state index in [0.717, 1.165) is 16.9 Å². The molecule has 0 radical (unpaired) electrons. The van der Waals surface area contributed by atoms with E-state index < -0.39 is 6.04 Å². The Labute approximate surface area is 142 Å². The van der Waals surface area contributed by atoms with Gasteiger partial charge in [0.15, 0.2) is 11.5 Å². The Morgan fingerprint density at radius 1 is 1.43 bits per heavy atom. The van der Waals surface area contributed by atoms with Crippen LogP contribution < -0.4 is 20.5 Å². The number of carbonyl (C=O) groups excluding carboxylic acids is 1. The number of thioether (sulfide) groups is 1. The summed E-state index contributed by atoms with van der Waals surface area (Å²) in [5.41, 5.74) is 7.77. The van der Waals surface area contributed by atoms with Crippen LogP contribution in [0.1, 0.15) is 17.5 Å². The normalized spacial score (nSPS) is 11.7. The van der Waals surface area contributed by atoms with Gasteiger partial charge in [0.1, 0.15) is 0 Å². The highest BCUT2D eigenvalue weighted by atomic mass is 32.2. The largest absolute Gasteiger partial charge is 0.493 e. The van der Waals surface area contributed by atoms with E-state index in [9.17, 15) is 4.79 Å². The van der Waals surface area contributed by atoms with E-state index in [-0.39, 0.29) is 5.91 Å². The zero-order valence-corrected chi connectivity index (χ0v) is 14.9. The highest BCUT2D eigenvalue weighted by Gasteiger charge is 2.15. The first kappa shape index (κ1) is 19.4. The van der Waals surface area contributed by atoms with Gasteiger partial charge < -0.3 is 20.5 Å². The molecule has 0 aliphatic carbocycles. The lowest BCUT2D eigenvalue weighted by Gasteiger charge is -2.16. The number of hydrogen-bond acceptors (Lipinski definition) is 5. The fourth-order valence-corrected chi connectivity index (χ4v) is 2.70. The number of ether oxygens (including phenoxy) is 2. The Morgan fingerprint density at radius 2 is 2.17 bits per heavy atom. The third kappa shape index (κ3) is 5.80. The molecule has 128 valence electrons. The van der Waals surface area contributed by atoms with Gasteiger partial charge in [-0.05, 0) is 42.5 Å². The molecular weight excluding hydrogens is 312 g/mol. The van der Waals surface area contributed by atoms with Gasteiger partial charge in [0.2, 0.25) is 5.91 Å². The van der Waals surface area contributed by atoms with Crippen molar-refractivity contribution in [3.63, 3.8) is 0 Å². The number of nitrogens with two attached hydrogens (primary N) is 1. The van der Waals surface area contributed by atoms with Gasteiger partial charge in [-0.25, -0.2) is 0 Å². The summed E-state index contributed by atoms with van der Waals surface area (Å²) in [5, 5.41) is 2.87. The smallest absolute Gasteiger partial charge is 0.237 e. The number of amides is 1. The summed E-state index contributed by atoms with van der Waals surface area (Å²) < 4.78 is 10.8. The Bertz CT molecular complexity index is 535. The molecule has 0 aliphatic rings. The van der Waals surface area contributed by atoms with Crippen molar-refractivity contribution in [1.82, 2.24) is 5.32 Å². The van der Waals surface area contributed by atoms with Gasteiger partial charge in [-0.1, -0.05) is 6.08 Å². The van der Waals surface area contributed by atoms with Gasteiger partial charge in [0.05, 0.1) is 20.3 Å². The number of allylic oxidation sites excluding steroid dienone is 1. The highest BCUT2D eigenvalue weighted by Crippen LogP contribution is 2.33. The average molecular weight is 338 g/mol. The molecule has 23 heavy (non-hydrogen) atoms. The molecule has 0 spiro atoms. The van der Waals surface area contributed by atoms with E-state index in [1.54, 1.807) is 32.1 Å². The van der Waals surface area contributed by atoms with Crippen LogP contribution in [0.3, 0.4) is 0 Å². The van der Waals surface area contributed by atoms with Gasteiger partial charge in [-0.2, -0.15) is 11.8 Å².